The molecule has 0 aromatic heterocycles. The molecule has 0 saturated carbocycles. The van der Waals surface area contributed by atoms with Crippen molar-refractivity contribution in [1.29, 1.82) is 0 Å². The van der Waals surface area contributed by atoms with Crippen molar-refractivity contribution in [3.05, 3.63) is 0 Å². The van der Waals surface area contributed by atoms with E-state index >= 15 is 0 Å². The Balaban J connectivity index is 2.47. The molecule has 3 N–H and O–H groups in total. The van der Waals surface area contributed by atoms with Crippen LogP contribution in [0, 0.1) is 0 Å². The topological polar surface area (TPSA) is 58.4 Å². The van der Waals surface area contributed by atoms with Crippen molar-refractivity contribution in [2.24, 2.45) is 5.73 Å². The van der Waals surface area contributed by atoms with Gasteiger partial charge in [-0.3, -0.25) is 4.79 Å². The summed E-state index contributed by atoms with van der Waals surface area (Å²) in [7, 11) is 0. The zero-order chi connectivity index (χ0) is 14.7. The molecule has 0 aliphatic carbocycles. The first-order valence-corrected chi connectivity index (χ1v) is 6.53. The molecule has 1 aliphatic rings. The standard InChI is InChI=1S/C12H22F3N3O/c1-9(8-18-6-4-3-5-7-18)17-10(19)11(2,16)12(13,14)15/h9H,3-8,16H2,1-2H3,(H,17,19). The summed E-state index contributed by atoms with van der Waals surface area (Å²) >= 11 is 0. The Kier molecular flexibility index (Phi) is 5.20. The summed E-state index contributed by atoms with van der Waals surface area (Å²) in [5, 5.41) is 2.35. The molecular formula is C12H22F3N3O. The van der Waals surface area contributed by atoms with Crippen LogP contribution in [0.1, 0.15) is 33.1 Å². The number of nitrogens with zero attached hydrogens (tertiary/aromatic N) is 1. The molecule has 1 saturated heterocycles. The third-order valence-corrected chi connectivity index (χ3v) is 3.42. The average molecular weight is 281 g/mol. The Bertz CT molecular complexity index is 312. The lowest BCUT2D eigenvalue weighted by molar-refractivity contribution is -0.187. The second-order valence-electron chi connectivity index (χ2n) is 5.44. The normalized spacial score (nSPS) is 22.6. The monoisotopic (exact) mass is 281 g/mol. The number of carbonyl (C=O) groups excluding carboxylic acids is 1. The van der Waals surface area contributed by atoms with E-state index in [4.69, 9.17) is 5.73 Å². The summed E-state index contributed by atoms with van der Waals surface area (Å²) in [5.74, 6) is -1.18. The first-order valence-electron chi connectivity index (χ1n) is 6.53. The predicted molar refractivity (Wildman–Crippen MR) is 66.5 cm³/mol. The Morgan fingerprint density at radius 3 is 2.32 bits per heavy atom. The van der Waals surface area contributed by atoms with E-state index in [1.165, 1.54) is 6.42 Å². The van der Waals surface area contributed by atoms with Crippen molar-refractivity contribution < 1.29 is 18.0 Å². The maximum atomic E-state index is 12.6. The quantitative estimate of drug-likeness (QED) is 0.815. The van der Waals surface area contributed by atoms with Gasteiger partial charge in [0.1, 0.15) is 0 Å². The molecule has 0 aromatic rings. The number of piperidine rings is 1. The van der Waals surface area contributed by atoms with Crippen LogP contribution >= 0.6 is 0 Å². The third-order valence-electron chi connectivity index (χ3n) is 3.42. The zero-order valence-corrected chi connectivity index (χ0v) is 11.4. The molecule has 1 heterocycles. The summed E-state index contributed by atoms with van der Waals surface area (Å²) in [6, 6.07) is -0.351. The van der Waals surface area contributed by atoms with E-state index in [0.29, 0.717) is 13.5 Å². The van der Waals surface area contributed by atoms with Crippen molar-refractivity contribution in [3.8, 4) is 0 Å². The maximum absolute atomic E-state index is 12.6. The fourth-order valence-electron chi connectivity index (χ4n) is 2.08. The van der Waals surface area contributed by atoms with Gasteiger partial charge in [0, 0.05) is 12.6 Å². The van der Waals surface area contributed by atoms with Crippen LogP contribution in [-0.2, 0) is 4.79 Å². The smallest absolute Gasteiger partial charge is 0.350 e. The number of hydrogen-bond donors (Lipinski definition) is 2. The molecule has 19 heavy (non-hydrogen) atoms. The van der Waals surface area contributed by atoms with Crippen LogP contribution in [0.15, 0.2) is 0 Å². The summed E-state index contributed by atoms with van der Waals surface area (Å²) in [6.45, 7) is 4.80. The number of carbonyl (C=O) groups is 1. The van der Waals surface area contributed by atoms with E-state index in [1.807, 2.05) is 0 Å². The number of nitrogens with two attached hydrogens (primary N) is 1. The molecule has 1 rings (SSSR count). The van der Waals surface area contributed by atoms with Crippen molar-refractivity contribution in [2.75, 3.05) is 19.6 Å². The second-order valence-corrected chi connectivity index (χ2v) is 5.44. The van der Waals surface area contributed by atoms with Gasteiger partial charge >= 0.3 is 6.18 Å². The third kappa shape index (κ3) is 4.35. The molecule has 2 atom stereocenters. The molecule has 1 amide bonds. The highest BCUT2D eigenvalue weighted by atomic mass is 19.4. The number of likely N-dealkylation sites (tertiary alicyclic amines) is 1. The van der Waals surface area contributed by atoms with E-state index in [9.17, 15) is 18.0 Å². The molecule has 0 radical (unpaired) electrons. The Hall–Kier alpha value is -0.820. The second kappa shape index (κ2) is 6.09. The summed E-state index contributed by atoms with van der Waals surface area (Å²) in [4.78, 5) is 13.7. The number of nitrogens with one attached hydrogen (secondary N) is 1. The molecule has 0 aromatic carbocycles. The van der Waals surface area contributed by atoms with E-state index < -0.39 is 17.6 Å². The minimum absolute atomic E-state index is 0.351. The molecule has 112 valence electrons. The molecule has 0 spiro atoms. The molecule has 1 aliphatic heterocycles. The van der Waals surface area contributed by atoms with Gasteiger partial charge in [-0.1, -0.05) is 6.42 Å². The highest BCUT2D eigenvalue weighted by Crippen LogP contribution is 2.28. The van der Waals surface area contributed by atoms with Crippen molar-refractivity contribution in [2.45, 2.75) is 50.9 Å². The van der Waals surface area contributed by atoms with E-state index in [2.05, 4.69) is 10.2 Å². The number of hydrogen-bond acceptors (Lipinski definition) is 3. The van der Waals surface area contributed by atoms with Crippen LogP contribution in [0.2, 0.25) is 0 Å². The number of halogens is 3. The number of alkyl halides is 3. The van der Waals surface area contributed by atoms with Crippen molar-refractivity contribution >= 4 is 5.91 Å². The highest BCUT2D eigenvalue weighted by molar-refractivity contribution is 5.86. The molecule has 4 nitrogen and oxygen atoms in total. The van der Waals surface area contributed by atoms with E-state index in [-0.39, 0.29) is 6.04 Å². The highest BCUT2D eigenvalue weighted by Gasteiger charge is 2.54. The lowest BCUT2D eigenvalue weighted by atomic mass is 10.0. The minimum atomic E-state index is -4.75. The average Bonchev–Trinajstić information content (AvgIpc) is 2.28. The van der Waals surface area contributed by atoms with Gasteiger partial charge in [-0.15, -0.1) is 0 Å². The molecular weight excluding hydrogens is 259 g/mol. The molecule has 7 heteroatoms. The van der Waals surface area contributed by atoms with Crippen LogP contribution < -0.4 is 11.1 Å². The fraction of sp³-hybridized carbons (Fsp3) is 0.917. The van der Waals surface area contributed by atoms with Gasteiger partial charge in [-0.25, -0.2) is 0 Å². The molecule has 2 unspecified atom stereocenters. The minimum Gasteiger partial charge on any atom is -0.350 e. The van der Waals surface area contributed by atoms with Crippen molar-refractivity contribution in [3.63, 3.8) is 0 Å². The van der Waals surface area contributed by atoms with Crippen LogP contribution in [0.25, 0.3) is 0 Å². The van der Waals surface area contributed by atoms with E-state index in [1.54, 1.807) is 6.92 Å². The fourth-order valence-corrected chi connectivity index (χ4v) is 2.08. The Morgan fingerprint density at radius 2 is 1.84 bits per heavy atom. The van der Waals surface area contributed by atoms with Gasteiger partial charge < -0.3 is 16.0 Å². The SMILES string of the molecule is CC(CN1CCCCC1)NC(=O)C(C)(N)C(F)(F)F. The summed E-state index contributed by atoms with van der Waals surface area (Å²) in [5.41, 5.74) is 2.22. The van der Waals surface area contributed by atoms with Crippen LogP contribution in [0.3, 0.4) is 0 Å². The number of rotatable bonds is 4. The zero-order valence-electron chi connectivity index (χ0n) is 11.4. The lowest BCUT2D eigenvalue weighted by Crippen LogP contribution is -2.63. The summed E-state index contributed by atoms with van der Waals surface area (Å²) in [6.07, 6.45) is -1.37. The van der Waals surface area contributed by atoms with Gasteiger partial charge in [0.25, 0.3) is 0 Å². The molecule has 1 fully saturated rings. The first-order chi connectivity index (χ1) is 8.64. The van der Waals surface area contributed by atoms with Crippen LogP contribution in [0.4, 0.5) is 13.2 Å². The van der Waals surface area contributed by atoms with Gasteiger partial charge in [0.15, 0.2) is 5.54 Å². The Morgan fingerprint density at radius 1 is 1.32 bits per heavy atom. The van der Waals surface area contributed by atoms with Gasteiger partial charge in [-0.05, 0) is 39.8 Å². The molecule has 0 bridgehead atoms. The Labute approximate surface area is 111 Å². The van der Waals surface area contributed by atoms with Crippen LogP contribution in [-0.4, -0.2) is 48.2 Å². The predicted octanol–water partition coefficient (Wildman–Crippen LogP) is 1.26. The van der Waals surface area contributed by atoms with E-state index in [0.717, 1.165) is 25.9 Å². The van der Waals surface area contributed by atoms with Crippen molar-refractivity contribution in [1.82, 2.24) is 10.2 Å². The van der Waals surface area contributed by atoms with Crippen LogP contribution in [0.5, 0.6) is 0 Å². The largest absolute Gasteiger partial charge is 0.415 e. The summed E-state index contributed by atoms with van der Waals surface area (Å²) < 4.78 is 37.8. The lowest BCUT2D eigenvalue weighted by Gasteiger charge is -2.32. The van der Waals surface area contributed by atoms with Gasteiger partial charge in [0.2, 0.25) is 5.91 Å². The van der Waals surface area contributed by atoms with Gasteiger partial charge in [0.05, 0.1) is 0 Å². The van der Waals surface area contributed by atoms with Gasteiger partial charge in [-0.2, -0.15) is 13.2 Å². The first kappa shape index (κ1) is 16.2. The number of amides is 1. The maximum Gasteiger partial charge on any atom is 0.415 e.